The molecule has 1 saturated carbocycles. The number of hydrogen-bond donors (Lipinski definition) is 3. The number of benzene rings is 1. The molecule has 1 heterocycles. The second-order valence-corrected chi connectivity index (χ2v) is 7.41. The van der Waals surface area contributed by atoms with E-state index in [1.165, 1.54) is 0 Å². The minimum Gasteiger partial charge on any atom is -0.484 e. The van der Waals surface area contributed by atoms with E-state index in [-0.39, 0.29) is 42.8 Å². The van der Waals surface area contributed by atoms with Crippen molar-refractivity contribution in [3.05, 3.63) is 29.8 Å². The van der Waals surface area contributed by atoms with Crippen molar-refractivity contribution < 1.29 is 19.1 Å². The van der Waals surface area contributed by atoms with Gasteiger partial charge in [-0.2, -0.15) is 0 Å². The number of hydrogen-bond acceptors (Lipinski definition) is 5. The minimum absolute atomic E-state index is 0. The molecule has 8 heteroatoms. The maximum atomic E-state index is 12.4. The van der Waals surface area contributed by atoms with Gasteiger partial charge >= 0.3 is 0 Å². The van der Waals surface area contributed by atoms with Gasteiger partial charge in [0.15, 0.2) is 6.61 Å². The Bertz CT molecular complexity index is 645. The quantitative estimate of drug-likeness (QED) is 0.604. The van der Waals surface area contributed by atoms with Crippen molar-refractivity contribution in [3.63, 3.8) is 0 Å². The van der Waals surface area contributed by atoms with Crippen LogP contribution in [-0.4, -0.2) is 43.7 Å². The number of carbonyl (C=O) groups is 2. The van der Waals surface area contributed by atoms with Crippen molar-refractivity contribution in [1.29, 1.82) is 0 Å². The van der Waals surface area contributed by atoms with E-state index in [1.807, 2.05) is 19.1 Å². The van der Waals surface area contributed by atoms with Crippen molar-refractivity contribution in [3.8, 4) is 5.75 Å². The maximum absolute atomic E-state index is 12.4. The third-order valence-corrected chi connectivity index (χ3v) is 5.13. The Morgan fingerprint density at radius 3 is 2.43 bits per heavy atom. The van der Waals surface area contributed by atoms with E-state index in [4.69, 9.17) is 15.2 Å². The summed E-state index contributed by atoms with van der Waals surface area (Å²) in [5.74, 6) is 0.571. The predicted octanol–water partition coefficient (Wildman–Crippen LogP) is 1.70. The number of rotatable bonds is 8. The fourth-order valence-electron chi connectivity index (χ4n) is 3.18. The smallest absolute Gasteiger partial charge is 0.258 e. The number of nitrogens with one attached hydrogen (secondary N) is 2. The molecule has 1 aliphatic carbocycles. The van der Waals surface area contributed by atoms with E-state index in [1.54, 1.807) is 12.1 Å². The third kappa shape index (κ3) is 6.65. The van der Waals surface area contributed by atoms with Gasteiger partial charge in [0.1, 0.15) is 5.75 Å². The lowest BCUT2D eigenvalue weighted by Gasteiger charge is -2.28. The molecule has 1 aliphatic heterocycles. The van der Waals surface area contributed by atoms with Crippen LogP contribution >= 0.6 is 12.4 Å². The number of ether oxygens (including phenoxy) is 2. The van der Waals surface area contributed by atoms with Crippen LogP contribution in [0.1, 0.15) is 44.2 Å². The van der Waals surface area contributed by atoms with Gasteiger partial charge < -0.3 is 25.8 Å². The molecule has 7 nitrogen and oxygen atoms in total. The highest BCUT2D eigenvalue weighted by atomic mass is 35.5. The molecule has 1 aromatic carbocycles. The summed E-state index contributed by atoms with van der Waals surface area (Å²) in [6, 6.07) is 7.06. The summed E-state index contributed by atoms with van der Waals surface area (Å²) in [4.78, 5) is 24.1. The molecule has 3 rings (SSSR count). The van der Waals surface area contributed by atoms with Crippen molar-refractivity contribution in [2.75, 3.05) is 19.8 Å². The highest BCUT2D eigenvalue weighted by Gasteiger charge is 2.27. The molecular formula is C20H30ClN3O4. The predicted molar refractivity (Wildman–Crippen MR) is 108 cm³/mol. The largest absolute Gasteiger partial charge is 0.484 e. The number of nitrogens with two attached hydrogens (primary N) is 1. The van der Waals surface area contributed by atoms with Crippen LogP contribution in [0.3, 0.4) is 0 Å². The molecule has 4 N–H and O–H groups in total. The fraction of sp³-hybridized carbons (Fsp3) is 0.600. The van der Waals surface area contributed by atoms with Crippen LogP contribution in [0.5, 0.6) is 5.75 Å². The van der Waals surface area contributed by atoms with Gasteiger partial charge in [-0.3, -0.25) is 9.59 Å². The molecule has 0 aromatic heterocycles. The topological polar surface area (TPSA) is 103 Å². The Balaban J connectivity index is 0.00000280. The lowest BCUT2D eigenvalue weighted by Crippen LogP contribution is -2.47. The van der Waals surface area contributed by atoms with E-state index in [9.17, 15) is 9.59 Å². The summed E-state index contributed by atoms with van der Waals surface area (Å²) in [6.07, 6.45) is 3.76. The Morgan fingerprint density at radius 2 is 1.82 bits per heavy atom. The van der Waals surface area contributed by atoms with Gasteiger partial charge in [0, 0.05) is 19.3 Å². The third-order valence-electron chi connectivity index (χ3n) is 5.13. The van der Waals surface area contributed by atoms with Crippen LogP contribution in [0.25, 0.3) is 0 Å². The van der Waals surface area contributed by atoms with E-state index in [2.05, 4.69) is 10.6 Å². The van der Waals surface area contributed by atoms with Crippen molar-refractivity contribution >= 4 is 24.2 Å². The summed E-state index contributed by atoms with van der Waals surface area (Å²) >= 11 is 0. The van der Waals surface area contributed by atoms with E-state index >= 15 is 0 Å². The Kier molecular flexibility index (Phi) is 8.54. The van der Waals surface area contributed by atoms with Gasteiger partial charge in [-0.1, -0.05) is 12.1 Å². The van der Waals surface area contributed by atoms with Crippen LogP contribution in [0.2, 0.25) is 0 Å². The Morgan fingerprint density at radius 1 is 1.18 bits per heavy atom. The second-order valence-electron chi connectivity index (χ2n) is 7.41. The minimum atomic E-state index is -0.510. The normalized spacial score (nSPS) is 19.1. The lowest BCUT2D eigenvalue weighted by atomic mass is 9.91. The molecule has 2 atom stereocenters. The molecule has 1 saturated heterocycles. The van der Waals surface area contributed by atoms with Gasteiger partial charge in [0.2, 0.25) is 5.91 Å². The molecule has 28 heavy (non-hydrogen) atoms. The summed E-state index contributed by atoms with van der Waals surface area (Å²) in [6.45, 7) is 3.28. The standard InChI is InChI=1S/C20H29N3O4.ClH/c1-13(22-20(25)19(21)15-8-10-26-11-9-15)14-2-6-17(7-3-14)27-12-18(24)23-16-4-5-16;/h2-3,6-7,13,15-16,19H,4-5,8-12,21H2,1H3,(H,22,25)(H,23,24);1H. The lowest BCUT2D eigenvalue weighted by molar-refractivity contribution is -0.125. The van der Waals surface area contributed by atoms with Crippen molar-refractivity contribution in [2.45, 2.75) is 50.7 Å². The van der Waals surface area contributed by atoms with Gasteiger partial charge in [-0.05, 0) is 56.2 Å². The molecule has 2 aliphatic rings. The molecule has 0 bridgehead atoms. The summed E-state index contributed by atoms with van der Waals surface area (Å²) in [7, 11) is 0. The second kappa shape index (κ2) is 10.6. The molecule has 2 unspecified atom stereocenters. The Hall–Kier alpha value is -1.83. The van der Waals surface area contributed by atoms with E-state index < -0.39 is 6.04 Å². The molecule has 2 amide bonds. The number of amides is 2. The highest BCUT2D eigenvalue weighted by molar-refractivity contribution is 5.85. The monoisotopic (exact) mass is 411 g/mol. The molecule has 2 fully saturated rings. The maximum Gasteiger partial charge on any atom is 0.258 e. The zero-order chi connectivity index (χ0) is 19.2. The fourth-order valence-corrected chi connectivity index (χ4v) is 3.18. The average molecular weight is 412 g/mol. The first-order valence-electron chi connectivity index (χ1n) is 9.69. The van der Waals surface area contributed by atoms with Crippen LogP contribution in [0.15, 0.2) is 24.3 Å². The van der Waals surface area contributed by atoms with Gasteiger partial charge in [-0.25, -0.2) is 0 Å². The SMILES string of the molecule is CC(NC(=O)C(N)C1CCOCC1)c1ccc(OCC(=O)NC2CC2)cc1.Cl. The zero-order valence-corrected chi connectivity index (χ0v) is 17.0. The van der Waals surface area contributed by atoms with E-state index in [0.29, 0.717) is 25.0 Å². The summed E-state index contributed by atoms with van der Waals surface area (Å²) in [5.41, 5.74) is 7.08. The molecule has 0 spiro atoms. The first-order valence-corrected chi connectivity index (χ1v) is 9.69. The van der Waals surface area contributed by atoms with Crippen LogP contribution < -0.4 is 21.1 Å². The molecule has 1 aromatic rings. The number of carbonyl (C=O) groups excluding carboxylic acids is 2. The zero-order valence-electron chi connectivity index (χ0n) is 16.2. The van der Waals surface area contributed by atoms with Gasteiger partial charge in [-0.15, -0.1) is 12.4 Å². The Labute approximate surface area is 172 Å². The molecule has 156 valence electrons. The highest BCUT2D eigenvalue weighted by Crippen LogP contribution is 2.21. The van der Waals surface area contributed by atoms with E-state index in [0.717, 1.165) is 31.2 Å². The van der Waals surface area contributed by atoms with Crippen molar-refractivity contribution in [1.82, 2.24) is 10.6 Å². The summed E-state index contributed by atoms with van der Waals surface area (Å²) in [5, 5.41) is 5.86. The van der Waals surface area contributed by atoms with Gasteiger partial charge in [0.05, 0.1) is 12.1 Å². The van der Waals surface area contributed by atoms with Crippen LogP contribution in [-0.2, 0) is 14.3 Å². The first-order chi connectivity index (χ1) is 13.0. The number of halogens is 1. The van der Waals surface area contributed by atoms with Crippen molar-refractivity contribution in [2.24, 2.45) is 11.7 Å². The van der Waals surface area contributed by atoms with Crippen LogP contribution in [0.4, 0.5) is 0 Å². The molecule has 0 radical (unpaired) electrons. The first kappa shape index (κ1) is 22.5. The molecular weight excluding hydrogens is 382 g/mol. The average Bonchev–Trinajstić information content (AvgIpc) is 3.50. The van der Waals surface area contributed by atoms with Crippen LogP contribution in [0, 0.1) is 5.92 Å². The summed E-state index contributed by atoms with van der Waals surface area (Å²) < 4.78 is 10.8. The van der Waals surface area contributed by atoms with Gasteiger partial charge in [0.25, 0.3) is 5.91 Å².